The molecular weight excluding hydrogens is 184 g/mol. The summed E-state index contributed by atoms with van der Waals surface area (Å²) in [5, 5.41) is 12.6. The Labute approximate surface area is 81.7 Å². The van der Waals surface area contributed by atoms with Gasteiger partial charge in [-0.2, -0.15) is 4.98 Å². The molecule has 0 unspecified atom stereocenters. The summed E-state index contributed by atoms with van der Waals surface area (Å²) in [6.45, 7) is 1.75. The van der Waals surface area contributed by atoms with Gasteiger partial charge in [0.05, 0.1) is 6.61 Å². The number of anilines is 1. The molecule has 1 aromatic rings. The van der Waals surface area contributed by atoms with Gasteiger partial charge in [0.15, 0.2) is 0 Å². The van der Waals surface area contributed by atoms with Crippen molar-refractivity contribution in [1.29, 1.82) is 0 Å². The summed E-state index contributed by atoms with van der Waals surface area (Å²) in [5.74, 6) is 0.885. The van der Waals surface area contributed by atoms with Crippen molar-refractivity contribution in [2.45, 2.75) is 18.9 Å². The van der Waals surface area contributed by atoms with E-state index in [9.17, 15) is 0 Å². The molecule has 1 aromatic heterocycles. The van der Waals surface area contributed by atoms with Crippen LogP contribution in [-0.4, -0.2) is 34.9 Å². The Bertz CT molecular complexity index is 295. The van der Waals surface area contributed by atoms with Gasteiger partial charge in [0, 0.05) is 13.1 Å². The average Bonchev–Trinajstić information content (AvgIpc) is 2.86. The van der Waals surface area contributed by atoms with E-state index in [0.717, 1.165) is 25.9 Å². The Balaban J connectivity index is 2.08. The van der Waals surface area contributed by atoms with Crippen LogP contribution in [0.4, 0.5) is 5.95 Å². The summed E-state index contributed by atoms with van der Waals surface area (Å²) in [6.07, 6.45) is 2.33. The monoisotopic (exact) mass is 198 g/mol. The molecule has 0 amide bonds. The first kappa shape index (κ1) is 9.42. The molecule has 78 valence electrons. The minimum Gasteiger partial charge on any atom is -0.394 e. The summed E-state index contributed by atoms with van der Waals surface area (Å²) >= 11 is 0. The van der Waals surface area contributed by atoms with Crippen LogP contribution in [0, 0.1) is 0 Å². The topological polar surface area (TPSA) is 88.4 Å². The van der Waals surface area contributed by atoms with Crippen LogP contribution in [-0.2, 0) is 0 Å². The van der Waals surface area contributed by atoms with Crippen LogP contribution in [0.25, 0.3) is 0 Å². The van der Waals surface area contributed by atoms with Gasteiger partial charge < -0.3 is 20.3 Å². The summed E-state index contributed by atoms with van der Waals surface area (Å²) in [4.78, 5) is 6.18. The number of aromatic nitrogens is 2. The second-order valence-corrected chi connectivity index (χ2v) is 3.42. The van der Waals surface area contributed by atoms with Crippen LogP contribution < -0.4 is 10.6 Å². The number of nitrogens with zero attached hydrogens (tertiary/aromatic N) is 3. The largest absolute Gasteiger partial charge is 0.394 e. The Morgan fingerprint density at radius 2 is 2.21 bits per heavy atom. The first-order chi connectivity index (χ1) is 6.81. The second-order valence-electron chi connectivity index (χ2n) is 3.42. The molecule has 1 saturated heterocycles. The quantitative estimate of drug-likeness (QED) is 0.691. The number of hydrogen-bond acceptors (Lipinski definition) is 6. The van der Waals surface area contributed by atoms with Crippen LogP contribution in [0.15, 0.2) is 4.52 Å². The fraction of sp³-hybridized carbons (Fsp3) is 0.750. The molecule has 0 radical (unpaired) electrons. The molecular formula is C8H14N4O2. The Kier molecular flexibility index (Phi) is 2.64. The van der Waals surface area contributed by atoms with E-state index in [1.807, 2.05) is 0 Å². The van der Waals surface area contributed by atoms with E-state index in [1.165, 1.54) is 0 Å². The molecule has 1 fully saturated rings. The first-order valence-corrected chi connectivity index (χ1v) is 4.76. The highest BCUT2D eigenvalue weighted by atomic mass is 16.5. The molecule has 0 aromatic carbocycles. The van der Waals surface area contributed by atoms with Gasteiger partial charge in [-0.05, 0) is 18.0 Å². The lowest BCUT2D eigenvalue weighted by Gasteiger charge is -2.09. The Morgan fingerprint density at radius 1 is 1.50 bits per heavy atom. The van der Waals surface area contributed by atoms with Gasteiger partial charge in [-0.1, -0.05) is 0 Å². The zero-order chi connectivity index (χ0) is 9.97. The lowest BCUT2D eigenvalue weighted by atomic mass is 10.3. The van der Waals surface area contributed by atoms with Crippen molar-refractivity contribution in [2.24, 2.45) is 5.73 Å². The number of aliphatic hydroxyl groups is 1. The van der Waals surface area contributed by atoms with Crippen LogP contribution in [0.3, 0.4) is 0 Å². The van der Waals surface area contributed by atoms with E-state index in [0.29, 0.717) is 11.8 Å². The average molecular weight is 198 g/mol. The van der Waals surface area contributed by atoms with Crippen LogP contribution >= 0.6 is 0 Å². The second kappa shape index (κ2) is 3.93. The van der Waals surface area contributed by atoms with Crippen LogP contribution in [0.1, 0.15) is 24.8 Å². The van der Waals surface area contributed by atoms with Gasteiger partial charge in [-0.25, -0.2) is 0 Å². The number of nitrogens with two attached hydrogens (primary N) is 1. The minimum atomic E-state index is -0.571. The molecule has 2 heterocycles. The van der Waals surface area contributed by atoms with E-state index in [2.05, 4.69) is 15.0 Å². The highest BCUT2D eigenvalue weighted by Gasteiger charge is 2.20. The molecule has 0 aliphatic carbocycles. The normalized spacial score (nSPS) is 18.9. The van der Waals surface area contributed by atoms with Crippen LogP contribution in [0.2, 0.25) is 0 Å². The first-order valence-electron chi connectivity index (χ1n) is 4.76. The predicted octanol–water partition coefficient (Wildman–Crippen LogP) is -0.338. The van der Waals surface area contributed by atoms with Gasteiger partial charge in [0.1, 0.15) is 6.04 Å². The van der Waals surface area contributed by atoms with Crippen molar-refractivity contribution < 1.29 is 9.63 Å². The summed E-state index contributed by atoms with van der Waals surface area (Å²) in [5.41, 5.74) is 5.54. The van der Waals surface area contributed by atoms with Crippen molar-refractivity contribution in [1.82, 2.24) is 10.1 Å². The molecule has 6 nitrogen and oxygen atoms in total. The lowest BCUT2D eigenvalue weighted by Crippen LogP contribution is -2.19. The van der Waals surface area contributed by atoms with Crippen molar-refractivity contribution in [3.05, 3.63) is 5.89 Å². The number of aliphatic hydroxyl groups excluding tert-OH is 1. The molecule has 2 rings (SSSR count). The summed E-state index contributed by atoms with van der Waals surface area (Å²) < 4.78 is 4.94. The maximum atomic E-state index is 8.80. The van der Waals surface area contributed by atoms with E-state index >= 15 is 0 Å². The highest BCUT2D eigenvalue weighted by Crippen LogP contribution is 2.17. The van der Waals surface area contributed by atoms with Gasteiger partial charge in [0.2, 0.25) is 5.89 Å². The fourth-order valence-corrected chi connectivity index (χ4v) is 1.50. The summed E-state index contributed by atoms with van der Waals surface area (Å²) in [6, 6.07) is -0.571. The molecule has 0 spiro atoms. The summed E-state index contributed by atoms with van der Waals surface area (Å²) in [7, 11) is 0. The smallest absolute Gasteiger partial charge is 0.266 e. The predicted molar refractivity (Wildman–Crippen MR) is 49.8 cm³/mol. The molecule has 6 heteroatoms. The standard InChI is InChI=1S/C8H14N4O2/c9-6(5-13)7-10-8(11-14-7)12-3-1-2-4-12/h6,13H,1-5,9H2/t6-/m1/s1. The van der Waals surface area contributed by atoms with Crippen molar-refractivity contribution in [2.75, 3.05) is 24.6 Å². The minimum absolute atomic E-state index is 0.179. The van der Waals surface area contributed by atoms with E-state index in [1.54, 1.807) is 0 Å². The molecule has 0 saturated carbocycles. The zero-order valence-electron chi connectivity index (χ0n) is 7.89. The maximum absolute atomic E-state index is 8.80. The third-order valence-corrected chi connectivity index (χ3v) is 2.33. The van der Waals surface area contributed by atoms with Crippen LogP contribution in [0.5, 0.6) is 0 Å². The third-order valence-electron chi connectivity index (χ3n) is 2.33. The highest BCUT2D eigenvalue weighted by molar-refractivity contribution is 5.29. The maximum Gasteiger partial charge on any atom is 0.266 e. The molecule has 14 heavy (non-hydrogen) atoms. The van der Waals surface area contributed by atoms with E-state index < -0.39 is 6.04 Å². The molecule has 1 aliphatic rings. The molecule has 0 bridgehead atoms. The van der Waals surface area contributed by atoms with E-state index in [-0.39, 0.29) is 6.61 Å². The number of hydrogen-bond donors (Lipinski definition) is 2. The molecule has 1 atom stereocenters. The van der Waals surface area contributed by atoms with Gasteiger partial charge in [-0.15, -0.1) is 0 Å². The SMILES string of the molecule is N[C@H](CO)c1nc(N2CCCC2)no1. The lowest BCUT2D eigenvalue weighted by molar-refractivity contribution is 0.237. The van der Waals surface area contributed by atoms with Crippen molar-refractivity contribution >= 4 is 5.95 Å². The molecule has 3 N–H and O–H groups in total. The fourth-order valence-electron chi connectivity index (χ4n) is 1.50. The zero-order valence-corrected chi connectivity index (χ0v) is 7.89. The Morgan fingerprint density at radius 3 is 2.86 bits per heavy atom. The van der Waals surface area contributed by atoms with Gasteiger partial charge >= 0.3 is 0 Å². The molecule has 1 aliphatic heterocycles. The van der Waals surface area contributed by atoms with Crippen molar-refractivity contribution in [3.63, 3.8) is 0 Å². The van der Waals surface area contributed by atoms with Crippen molar-refractivity contribution in [3.8, 4) is 0 Å². The van der Waals surface area contributed by atoms with Gasteiger partial charge in [0.25, 0.3) is 5.95 Å². The van der Waals surface area contributed by atoms with E-state index in [4.69, 9.17) is 15.4 Å². The Hall–Kier alpha value is -1.14. The van der Waals surface area contributed by atoms with Gasteiger partial charge in [-0.3, -0.25) is 0 Å². The number of rotatable bonds is 3. The third kappa shape index (κ3) is 1.71.